The van der Waals surface area contributed by atoms with Crippen molar-refractivity contribution in [1.29, 1.82) is 0 Å². The number of nitrogens with one attached hydrogen (secondary N) is 1. The molecule has 0 saturated carbocycles. The van der Waals surface area contributed by atoms with E-state index in [1.807, 2.05) is 18.3 Å². The van der Waals surface area contributed by atoms with Crippen LogP contribution in [-0.4, -0.2) is 33.9 Å². The van der Waals surface area contributed by atoms with Gasteiger partial charge in [-0.05, 0) is 24.3 Å². The lowest BCUT2D eigenvalue weighted by Crippen LogP contribution is -2.27. The fraction of sp³-hybridized carbons (Fsp3) is 0.250. The molecule has 0 saturated heterocycles. The van der Waals surface area contributed by atoms with Crippen LogP contribution in [0.15, 0.2) is 42.7 Å². The molecule has 2 aromatic rings. The number of rotatable bonds is 5. The summed E-state index contributed by atoms with van der Waals surface area (Å²) in [6.07, 6.45) is 3.99. The van der Waals surface area contributed by atoms with E-state index in [0.717, 1.165) is 5.56 Å². The molecule has 0 aliphatic rings. The van der Waals surface area contributed by atoms with Gasteiger partial charge in [0.15, 0.2) is 0 Å². The Hall–Kier alpha value is -2.58. The molecule has 5 heteroatoms. The number of aliphatic hydroxyl groups is 1. The maximum Gasteiger partial charge on any atom is 0.251 e. The van der Waals surface area contributed by atoms with Gasteiger partial charge in [0.2, 0.25) is 0 Å². The normalized spacial score (nSPS) is 9.76. The smallest absolute Gasteiger partial charge is 0.251 e. The van der Waals surface area contributed by atoms with E-state index in [2.05, 4.69) is 22.3 Å². The first kappa shape index (κ1) is 14.8. The van der Waals surface area contributed by atoms with Gasteiger partial charge in [-0.3, -0.25) is 9.48 Å². The van der Waals surface area contributed by atoms with Gasteiger partial charge in [0.05, 0.1) is 13.2 Å². The van der Waals surface area contributed by atoms with E-state index in [1.165, 1.54) is 0 Å². The van der Waals surface area contributed by atoms with Crippen LogP contribution < -0.4 is 5.32 Å². The maximum atomic E-state index is 12.0. The second kappa shape index (κ2) is 7.88. The molecule has 0 atom stereocenters. The molecule has 2 rings (SSSR count). The van der Waals surface area contributed by atoms with Crippen LogP contribution in [0.4, 0.5) is 0 Å². The number of benzene rings is 1. The molecule has 0 unspecified atom stereocenters. The van der Waals surface area contributed by atoms with Crippen LogP contribution in [0.3, 0.4) is 0 Å². The maximum absolute atomic E-state index is 12.0. The van der Waals surface area contributed by atoms with Gasteiger partial charge in [0, 0.05) is 36.5 Å². The van der Waals surface area contributed by atoms with Crippen molar-refractivity contribution >= 4 is 5.91 Å². The number of hydrogen-bond donors (Lipinski definition) is 2. The molecule has 0 radical (unpaired) electrons. The summed E-state index contributed by atoms with van der Waals surface area (Å²) >= 11 is 0. The van der Waals surface area contributed by atoms with Crippen molar-refractivity contribution in [3.05, 3.63) is 53.9 Å². The van der Waals surface area contributed by atoms with Gasteiger partial charge < -0.3 is 10.4 Å². The van der Waals surface area contributed by atoms with Crippen LogP contribution in [0.1, 0.15) is 22.3 Å². The van der Waals surface area contributed by atoms with Gasteiger partial charge in [-0.1, -0.05) is 17.9 Å². The number of nitrogens with zero attached hydrogens (tertiary/aromatic N) is 2. The molecule has 21 heavy (non-hydrogen) atoms. The highest BCUT2D eigenvalue weighted by molar-refractivity contribution is 5.94. The van der Waals surface area contributed by atoms with Crippen LogP contribution in [0.25, 0.3) is 0 Å². The van der Waals surface area contributed by atoms with Crippen LogP contribution in [0.2, 0.25) is 0 Å². The van der Waals surface area contributed by atoms with Crippen molar-refractivity contribution in [3.8, 4) is 11.8 Å². The Morgan fingerprint density at radius 1 is 1.38 bits per heavy atom. The van der Waals surface area contributed by atoms with Gasteiger partial charge in [0.1, 0.15) is 0 Å². The SMILES string of the molecule is O=C(NCCn1cccn1)c1cccc(C#CCCO)c1. The molecule has 0 aliphatic carbocycles. The van der Waals surface area contributed by atoms with Crippen LogP contribution >= 0.6 is 0 Å². The third-order valence-corrected chi connectivity index (χ3v) is 2.78. The summed E-state index contributed by atoms with van der Waals surface area (Å²) in [6.45, 7) is 1.19. The van der Waals surface area contributed by atoms with Crippen LogP contribution in [0, 0.1) is 11.8 Å². The number of aromatic nitrogens is 2. The summed E-state index contributed by atoms with van der Waals surface area (Å²) in [6, 6.07) is 8.97. The molecule has 1 aromatic carbocycles. The largest absolute Gasteiger partial charge is 0.395 e. The highest BCUT2D eigenvalue weighted by atomic mass is 16.2. The van der Waals surface area contributed by atoms with Gasteiger partial charge in [-0.15, -0.1) is 0 Å². The Balaban J connectivity index is 1.90. The summed E-state index contributed by atoms with van der Waals surface area (Å²) in [7, 11) is 0. The number of carbonyl (C=O) groups excluding carboxylic acids is 1. The van der Waals surface area contributed by atoms with Gasteiger partial charge >= 0.3 is 0 Å². The lowest BCUT2D eigenvalue weighted by Gasteiger charge is -2.05. The molecule has 2 N–H and O–H groups in total. The molecule has 0 spiro atoms. The zero-order chi connectivity index (χ0) is 14.9. The topological polar surface area (TPSA) is 67.2 Å². The molecule has 1 heterocycles. The molecule has 0 bridgehead atoms. The standard InChI is InChI=1S/C16H17N3O2/c20-12-2-1-5-14-6-3-7-15(13-14)16(21)17-9-11-19-10-4-8-18-19/h3-4,6-8,10,13,20H,2,9,11-12H2,(H,17,21). The Kier molecular flexibility index (Phi) is 5.56. The fourth-order valence-corrected chi connectivity index (χ4v) is 1.78. The minimum Gasteiger partial charge on any atom is -0.395 e. The predicted octanol–water partition coefficient (Wildman–Crippen LogP) is 1.05. The van der Waals surface area contributed by atoms with E-state index in [1.54, 1.807) is 29.1 Å². The van der Waals surface area contributed by atoms with Crippen molar-refractivity contribution in [2.75, 3.05) is 13.2 Å². The monoisotopic (exact) mass is 283 g/mol. The summed E-state index contributed by atoms with van der Waals surface area (Å²) < 4.78 is 1.76. The Bertz CT molecular complexity index is 639. The minimum absolute atomic E-state index is 0.0423. The van der Waals surface area contributed by atoms with Gasteiger partial charge in [-0.2, -0.15) is 5.10 Å². The zero-order valence-electron chi connectivity index (χ0n) is 11.6. The Labute approximate surface area is 123 Å². The molecule has 108 valence electrons. The fourth-order valence-electron chi connectivity index (χ4n) is 1.78. The lowest BCUT2D eigenvalue weighted by atomic mass is 10.1. The summed E-state index contributed by atoms with van der Waals surface area (Å²) in [5.74, 6) is 5.62. The van der Waals surface area contributed by atoms with Crippen molar-refractivity contribution in [2.45, 2.75) is 13.0 Å². The minimum atomic E-state index is -0.132. The molecule has 1 aromatic heterocycles. The average Bonchev–Trinajstić information content (AvgIpc) is 3.01. The lowest BCUT2D eigenvalue weighted by molar-refractivity contribution is 0.0952. The summed E-state index contributed by atoms with van der Waals surface area (Å²) in [5.41, 5.74) is 1.34. The van der Waals surface area contributed by atoms with E-state index < -0.39 is 0 Å². The molecular formula is C16H17N3O2. The second-order valence-corrected chi connectivity index (χ2v) is 4.38. The number of carbonyl (C=O) groups is 1. The first-order chi connectivity index (χ1) is 10.3. The second-order valence-electron chi connectivity index (χ2n) is 4.38. The van der Waals surface area contributed by atoms with E-state index in [4.69, 9.17) is 5.11 Å². The van der Waals surface area contributed by atoms with Crippen molar-refractivity contribution < 1.29 is 9.90 Å². The summed E-state index contributed by atoms with van der Waals surface area (Å²) in [5, 5.41) is 15.6. The quantitative estimate of drug-likeness (QED) is 0.806. The Morgan fingerprint density at radius 2 is 2.29 bits per heavy atom. The van der Waals surface area contributed by atoms with E-state index >= 15 is 0 Å². The third-order valence-electron chi connectivity index (χ3n) is 2.78. The summed E-state index contributed by atoms with van der Waals surface area (Å²) in [4.78, 5) is 12.0. The zero-order valence-corrected chi connectivity index (χ0v) is 11.6. The highest BCUT2D eigenvalue weighted by Gasteiger charge is 2.04. The number of aliphatic hydroxyl groups excluding tert-OH is 1. The third kappa shape index (κ3) is 4.79. The molecule has 0 aliphatic heterocycles. The van der Waals surface area contributed by atoms with Crippen molar-refractivity contribution in [1.82, 2.24) is 15.1 Å². The van der Waals surface area contributed by atoms with E-state index in [0.29, 0.717) is 25.1 Å². The first-order valence-corrected chi connectivity index (χ1v) is 6.75. The predicted molar refractivity (Wildman–Crippen MR) is 79.6 cm³/mol. The van der Waals surface area contributed by atoms with Crippen molar-refractivity contribution in [3.63, 3.8) is 0 Å². The first-order valence-electron chi connectivity index (χ1n) is 6.75. The molecule has 5 nitrogen and oxygen atoms in total. The molecule has 0 fully saturated rings. The van der Waals surface area contributed by atoms with Gasteiger partial charge in [0.25, 0.3) is 5.91 Å². The Morgan fingerprint density at radius 3 is 3.05 bits per heavy atom. The number of amides is 1. The average molecular weight is 283 g/mol. The molecule has 1 amide bonds. The number of hydrogen-bond acceptors (Lipinski definition) is 3. The van der Waals surface area contributed by atoms with Crippen molar-refractivity contribution in [2.24, 2.45) is 0 Å². The van der Waals surface area contributed by atoms with Crippen LogP contribution in [-0.2, 0) is 6.54 Å². The molecular weight excluding hydrogens is 266 g/mol. The van der Waals surface area contributed by atoms with E-state index in [-0.39, 0.29) is 12.5 Å². The van der Waals surface area contributed by atoms with Crippen LogP contribution in [0.5, 0.6) is 0 Å². The highest BCUT2D eigenvalue weighted by Crippen LogP contribution is 2.04. The van der Waals surface area contributed by atoms with E-state index in [9.17, 15) is 4.79 Å². The van der Waals surface area contributed by atoms with Gasteiger partial charge in [-0.25, -0.2) is 0 Å².